The number of benzene rings is 2. The predicted molar refractivity (Wildman–Crippen MR) is 108 cm³/mol. The van der Waals surface area contributed by atoms with Gasteiger partial charge in [-0.2, -0.15) is 0 Å². The molecule has 3 rings (SSSR count). The van der Waals surface area contributed by atoms with Gasteiger partial charge in [0, 0.05) is 0 Å². The average molecular weight is 452 g/mol. The van der Waals surface area contributed by atoms with Gasteiger partial charge < -0.3 is 0 Å². The number of halogens is 2. The maximum atomic E-state index is 6.64. The molecule has 0 saturated heterocycles. The molecular weight excluding hydrogens is 426 g/mol. The molecule has 1 unspecified atom stereocenters. The van der Waals surface area contributed by atoms with Crippen LogP contribution in [0.5, 0.6) is 0 Å². The van der Waals surface area contributed by atoms with Crippen molar-refractivity contribution in [3.05, 3.63) is 64.2 Å². The first kappa shape index (κ1) is 19.4. The molecule has 0 radical (unpaired) electrons. The van der Waals surface area contributed by atoms with Gasteiger partial charge in [0.1, 0.15) is 0 Å². The Labute approximate surface area is 167 Å². The molecule has 2 aromatic carbocycles. The zero-order valence-corrected chi connectivity index (χ0v) is 19.6. The van der Waals surface area contributed by atoms with Gasteiger partial charge in [-0.05, 0) is 0 Å². The van der Waals surface area contributed by atoms with Crippen LogP contribution in [0.15, 0.2) is 42.0 Å². The van der Waals surface area contributed by atoms with Crippen LogP contribution in [0.4, 0.5) is 0 Å². The van der Waals surface area contributed by atoms with Crippen LogP contribution in [-0.4, -0.2) is 0 Å². The molecule has 0 fully saturated rings. The first-order chi connectivity index (χ1) is 11.8. The third kappa shape index (κ3) is 3.58. The predicted octanol–water partition coefficient (Wildman–Crippen LogP) is 7.63. The molecule has 0 nitrogen and oxygen atoms in total. The van der Waals surface area contributed by atoms with Gasteiger partial charge in [0.05, 0.1) is 0 Å². The van der Waals surface area contributed by atoms with Crippen LogP contribution in [-0.2, 0) is 25.8 Å². The molecular formula is C22H25Cl2Zr. The Hall–Kier alpha value is -0.357. The molecule has 2 aromatic rings. The summed E-state index contributed by atoms with van der Waals surface area (Å²) < 4.78 is 0.259. The third-order valence-corrected chi connectivity index (χ3v) is 10.4. The Balaban J connectivity index is 2.33. The molecule has 3 heteroatoms. The molecule has 131 valence electrons. The zero-order chi connectivity index (χ0) is 18.4. The summed E-state index contributed by atoms with van der Waals surface area (Å²) in [5, 5.41) is 0. The topological polar surface area (TPSA) is 0 Å². The Bertz CT molecular complexity index is 828. The van der Waals surface area contributed by atoms with Crippen LogP contribution in [0.1, 0.15) is 53.6 Å². The molecule has 25 heavy (non-hydrogen) atoms. The number of hydrogen-bond acceptors (Lipinski definition) is 0. The molecule has 1 aliphatic carbocycles. The molecule has 1 aliphatic rings. The molecule has 0 spiro atoms. The van der Waals surface area contributed by atoms with E-state index >= 15 is 0 Å². The van der Waals surface area contributed by atoms with E-state index in [2.05, 4.69) is 77.1 Å². The summed E-state index contributed by atoms with van der Waals surface area (Å²) in [4.78, 5) is 0. The van der Waals surface area contributed by atoms with Crippen molar-refractivity contribution < 1.29 is 19.4 Å². The second-order valence-corrected chi connectivity index (χ2v) is 16.6. The van der Waals surface area contributed by atoms with Crippen LogP contribution in [0.25, 0.3) is 17.2 Å². The normalized spacial score (nSPS) is 16.6. The molecule has 1 atom stereocenters. The first-order valence-electron chi connectivity index (χ1n) is 8.87. The Kier molecular flexibility index (Phi) is 5.70. The van der Waals surface area contributed by atoms with E-state index in [4.69, 9.17) is 17.0 Å². The molecule has 0 amide bonds. The SMILES string of the molecule is CCc1ccc2c(c1-c1ccccc1C)C=C(C(C)(C)C)[CH]2[Zr]([Cl])[Cl]. The van der Waals surface area contributed by atoms with Crippen molar-refractivity contribution in [1.29, 1.82) is 0 Å². The standard InChI is InChI=1S/C22H25.2ClH.Zr/c1-6-16-11-12-17-13-18(22(3,4)5)14-20(17)21(16)19-10-8-7-9-15(19)2;;;/h7-14H,6H2,1-5H3;2*1H;/q;;;+2/p-2. The molecule has 0 heterocycles. The Morgan fingerprint density at radius 2 is 1.72 bits per heavy atom. The van der Waals surface area contributed by atoms with Crippen LogP contribution in [0.2, 0.25) is 0 Å². The van der Waals surface area contributed by atoms with Gasteiger partial charge in [0.25, 0.3) is 0 Å². The zero-order valence-electron chi connectivity index (χ0n) is 15.6. The summed E-state index contributed by atoms with van der Waals surface area (Å²) >= 11 is -2.50. The van der Waals surface area contributed by atoms with Gasteiger partial charge in [-0.15, -0.1) is 0 Å². The number of hydrogen-bond donors (Lipinski definition) is 0. The van der Waals surface area contributed by atoms with E-state index < -0.39 is 19.4 Å². The minimum absolute atomic E-state index is 0.0780. The number of fused-ring (bicyclic) bond motifs is 1. The fourth-order valence-corrected chi connectivity index (χ4v) is 9.67. The van der Waals surface area contributed by atoms with Crippen molar-refractivity contribution in [2.45, 2.75) is 44.7 Å². The number of allylic oxidation sites excluding steroid dienone is 1. The second kappa shape index (κ2) is 7.34. The molecule has 0 aliphatic heterocycles. The molecule has 0 aromatic heterocycles. The molecule has 0 saturated carbocycles. The van der Waals surface area contributed by atoms with E-state index in [-0.39, 0.29) is 9.04 Å². The summed E-state index contributed by atoms with van der Waals surface area (Å²) in [6.45, 7) is 11.2. The van der Waals surface area contributed by atoms with Crippen molar-refractivity contribution in [3.63, 3.8) is 0 Å². The Morgan fingerprint density at radius 3 is 2.28 bits per heavy atom. The summed E-state index contributed by atoms with van der Waals surface area (Å²) in [6, 6.07) is 13.2. The number of rotatable bonds is 3. The quantitative estimate of drug-likeness (QED) is 0.450. The summed E-state index contributed by atoms with van der Waals surface area (Å²) in [5.41, 5.74) is 9.60. The van der Waals surface area contributed by atoms with Crippen molar-refractivity contribution in [2.75, 3.05) is 0 Å². The summed E-state index contributed by atoms with van der Waals surface area (Å²) in [7, 11) is 13.3. The molecule has 0 N–H and O–H groups in total. The monoisotopic (exact) mass is 449 g/mol. The van der Waals surface area contributed by atoms with E-state index in [0.717, 1.165) is 6.42 Å². The van der Waals surface area contributed by atoms with E-state index in [1.807, 2.05) is 0 Å². The van der Waals surface area contributed by atoms with Gasteiger partial charge in [-0.3, -0.25) is 0 Å². The van der Waals surface area contributed by atoms with Gasteiger partial charge in [0.2, 0.25) is 0 Å². The van der Waals surface area contributed by atoms with Crippen molar-refractivity contribution in [3.8, 4) is 11.1 Å². The van der Waals surface area contributed by atoms with Crippen LogP contribution >= 0.6 is 17.0 Å². The summed E-state index contributed by atoms with van der Waals surface area (Å²) in [6.07, 6.45) is 3.42. The van der Waals surface area contributed by atoms with Crippen LogP contribution < -0.4 is 0 Å². The fourth-order valence-electron chi connectivity index (χ4n) is 3.85. The van der Waals surface area contributed by atoms with Gasteiger partial charge >= 0.3 is 168 Å². The maximum absolute atomic E-state index is 6.64. The van der Waals surface area contributed by atoms with Crippen LogP contribution in [0.3, 0.4) is 0 Å². The average Bonchev–Trinajstić information content (AvgIpc) is 2.94. The third-order valence-electron chi connectivity index (χ3n) is 5.17. The summed E-state index contributed by atoms with van der Waals surface area (Å²) in [5.74, 6) is 0. The van der Waals surface area contributed by atoms with Crippen LogP contribution in [0, 0.1) is 12.3 Å². The molecule has 0 bridgehead atoms. The van der Waals surface area contributed by atoms with E-state index in [1.165, 1.54) is 39.0 Å². The van der Waals surface area contributed by atoms with Crippen molar-refractivity contribution in [2.24, 2.45) is 5.41 Å². The van der Waals surface area contributed by atoms with E-state index in [9.17, 15) is 0 Å². The van der Waals surface area contributed by atoms with E-state index in [0.29, 0.717) is 0 Å². The van der Waals surface area contributed by atoms with Crippen molar-refractivity contribution in [1.82, 2.24) is 0 Å². The minimum atomic E-state index is -2.50. The first-order valence-corrected chi connectivity index (χ1v) is 16.6. The van der Waals surface area contributed by atoms with Gasteiger partial charge in [-0.25, -0.2) is 0 Å². The second-order valence-electron chi connectivity index (χ2n) is 7.84. The van der Waals surface area contributed by atoms with E-state index in [1.54, 1.807) is 0 Å². The fraction of sp³-hybridized carbons (Fsp3) is 0.364. The van der Waals surface area contributed by atoms with Crippen molar-refractivity contribution >= 4 is 23.1 Å². The van der Waals surface area contributed by atoms with Gasteiger partial charge in [0.15, 0.2) is 0 Å². The van der Waals surface area contributed by atoms with Gasteiger partial charge in [-0.1, -0.05) is 0 Å². The Morgan fingerprint density at radius 1 is 1.04 bits per heavy atom. The number of aryl methyl sites for hydroxylation is 2.